The number of carbonyl (C=O) groups is 4. The molecule has 0 saturated heterocycles. The van der Waals surface area contributed by atoms with E-state index in [1.807, 2.05) is 0 Å². The number of hydrogen-bond donors (Lipinski definition) is 4. The van der Waals surface area contributed by atoms with Gasteiger partial charge in [0.1, 0.15) is 24.4 Å². The summed E-state index contributed by atoms with van der Waals surface area (Å²) in [4.78, 5) is 38.9. The van der Waals surface area contributed by atoms with Crippen LogP contribution in [0.4, 0.5) is 0 Å². The number of carboxylic acids is 2. The zero-order chi connectivity index (χ0) is 20.8. The Labute approximate surface area is 155 Å². The largest absolute Gasteiger partial charge is 0.481 e. The zero-order valence-electron chi connectivity index (χ0n) is 15.9. The molecule has 0 fully saturated rings. The van der Waals surface area contributed by atoms with E-state index in [1.54, 1.807) is 0 Å². The maximum absolute atomic E-state index is 9.87. The molecule has 0 radical (unpaired) electrons. The Morgan fingerprint density at radius 3 is 0.885 bits per heavy atom. The lowest BCUT2D eigenvalue weighted by Gasteiger charge is -1.99. The predicted molar refractivity (Wildman–Crippen MR) is 97.0 cm³/mol. The number of aliphatic hydroxyl groups excluding tert-OH is 2. The smallest absolute Gasteiger partial charge is 0.310 e. The number of carbonyl (C=O) groups excluding carboxylic acids is 2. The number of unbranched alkanes of at least 4 members (excludes halogenated alkanes) is 7. The second-order valence-electron chi connectivity index (χ2n) is 5.82. The van der Waals surface area contributed by atoms with Crippen molar-refractivity contribution in [1.82, 2.24) is 0 Å². The van der Waals surface area contributed by atoms with Gasteiger partial charge in [-0.15, -0.1) is 0 Å². The number of rotatable bonds is 13. The van der Waals surface area contributed by atoms with Crippen LogP contribution in [0.1, 0.15) is 78.1 Å². The Kier molecular flexibility index (Phi) is 25.9. The van der Waals surface area contributed by atoms with Crippen LogP contribution in [0.15, 0.2) is 0 Å². The number of Topliss-reactive ketones (excluding diaryl/α,β-unsaturated/α-hetero) is 2. The zero-order valence-corrected chi connectivity index (χ0v) is 15.9. The topological polar surface area (TPSA) is 149 Å². The molecule has 0 aromatic carbocycles. The van der Waals surface area contributed by atoms with E-state index >= 15 is 0 Å². The molecule has 0 aliphatic carbocycles. The average molecular weight is 378 g/mol. The summed E-state index contributed by atoms with van der Waals surface area (Å²) in [6, 6.07) is 0. The molecular weight excluding hydrogens is 344 g/mol. The van der Waals surface area contributed by atoms with Gasteiger partial charge < -0.3 is 20.4 Å². The van der Waals surface area contributed by atoms with E-state index < -0.39 is 11.9 Å². The van der Waals surface area contributed by atoms with Crippen LogP contribution < -0.4 is 0 Å². The first kappa shape index (κ1) is 29.0. The Hall–Kier alpha value is -1.80. The van der Waals surface area contributed by atoms with Crippen molar-refractivity contribution >= 4 is 23.5 Å². The molecule has 0 unspecified atom stereocenters. The summed E-state index contributed by atoms with van der Waals surface area (Å²) in [6.45, 7) is 3.16. The highest BCUT2D eigenvalue weighted by Crippen LogP contribution is 2.07. The van der Waals surface area contributed by atoms with E-state index in [2.05, 4.69) is 0 Å². The molecule has 0 rings (SSSR count). The van der Waals surface area contributed by atoms with Crippen LogP contribution in [0, 0.1) is 0 Å². The lowest BCUT2D eigenvalue weighted by molar-refractivity contribution is -0.141. The highest BCUT2D eigenvalue weighted by molar-refractivity contribution is 5.93. The van der Waals surface area contributed by atoms with Gasteiger partial charge in [0.15, 0.2) is 0 Å². The monoisotopic (exact) mass is 378 g/mol. The molecule has 4 N–H and O–H groups in total. The summed E-state index contributed by atoms with van der Waals surface area (Å²) >= 11 is 0. The van der Waals surface area contributed by atoms with Gasteiger partial charge >= 0.3 is 11.9 Å². The van der Waals surface area contributed by atoms with Gasteiger partial charge in [0.2, 0.25) is 0 Å². The number of ketones is 2. The molecule has 0 aromatic heterocycles. The van der Waals surface area contributed by atoms with Crippen LogP contribution in [0.5, 0.6) is 0 Å². The number of carboxylic acid groups (broad SMARTS) is 2. The Morgan fingerprint density at radius 1 is 0.538 bits per heavy atom. The fourth-order valence-corrected chi connectivity index (χ4v) is 1.71. The molecule has 0 aromatic rings. The van der Waals surface area contributed by atoms with Crippen molar-refractivity contribution in [2.24, 2.45) is 0 Å². The van der Waals surface area contributed by atoms with Crippen molar-refractivity contribution in [3.8, 4) is 0 Å². The second-order valence-corrected chi connectivity index (χ2v) is 5.82. The number of aliphatic hydroxyl groups is 2. The summed E-state index contributed by atoms with van der Waals surface area (Å²) < 4.78 is 0. The summed E-state index contributed by atoms with van der Waals surface area (Å²) in [6.07, 6.45) is 8.58. The first-order valence-electron chi connectivity index (χ1n) is 8.81. The molecule has 8 heteroatoms. The molecule has 154 valence electrons. The molecule has 8 nitrogen and oxygen atoms in total. The van der Waals surface area contributed by atoms with Gasteiger partial charge in [0.05, 0.1) is 0 Å². The minimum absolute atomic E-state index is 0.312. The fourth-order valence-electron chi connectivity index (χ4n) is 1.71. The van der Waals surface area contributed by atoms with Crippen LogP contribution in [0.2, 0.25) is 0 Å². The van der Waals surface area contributed by atoms with Crippen LogP contribution >= 0.6 is 0 Å². The summed E-state index contributed by atoms with van der Waals surface area (Å²) in [7, 11) is 0. The summed E-state index contributed by atoms with van der Waals surface area (Å²) in [5.74, 6) is -2.75. The molecule has 0 spiro atoms. The van der Waals surface area contributed by atoms with E-state index in [9.17, 15) is 19.2 Å². The van der Waals surface area contributed by atoms with Crippen LogP contribution in [-0.4, -0.2) is 57.1 Å². The van der Waals surface area contributed by atoms with Crippen molar-refractivity contribution in [2.45, 2.75) is 78.1 Å². The van der Waals surface area contributed by atoms with Crippen LogP contribution in [-0.2, 0) is 19.2 Å². The lowest BCUT2D eigenvalue weighted by atomic mass is 10.1. The number of aliphatic carboxylic acids is 2. The average Bonchev–Trinajstić information content (AvgIpc) is 2.48. The molecule has 0 saturated carbocycles. The molecule has 0 heterocycles. The van der Waals surface area contributed by atoms with Crippen molar-refractivity contribution in [3.63, 3.8) is 0 Å². The number of hydrogen-bond acceptors (Lipinski definition) is 6. The van der Waals surface area contributed by atoms with E-state index in [4.69, 9.17) is 20.4 Å². The van der Waals surface area contributed by atoms with Gasteiger partial charge in [-0.05, 0) is 26.7 Å². The van der Waals surface area contributed by atoms with Gasteiger partial charge in [0, 0.05) is 13.2 Å². The molecule has 0 atom stereocenters. The van der Waals surface area contributed by atoms with E-state index in [0.717, 1.165) is 25.7 Å². The Balaban J connectivity index is -0.000000326. The van der Waals surface area contributed by atoms with Crippen molar-refractivity contribution in [2.75, 3.05) is 13.2 Å². The molecule has 0 bridgehead atoms. The first-order chi connectivity index (χ1) is 12.2. The predicted octanol–water partition coefficient (Wildman–Crippen LogP) is 2.19. The van der Waals surface area contributed by atoms with E-state index in [-0.39, 0.29) is 24.4 Å². The third-order valence-corrected chi connectivity index (χ3v) is 2.87. The second kappa shape index (κ2) is 23.2. The van der Waals surface area contributed by atoms with Crippen molar-refractivity contribution in [3.05, 3.63) is 0 Å². The molecular formula is C18H34O8. The van der Waals surface area contributed by atoms with E-state index in [0.29, 0.717) is 13.2 Å². The summed E-state index contributed by atoms with van der Waals surface area (Å²) in [5.41, 5.74) is 0. The SMILES string of the molecule is CC(=O)CC(=O)O.CC(=O)CC(=O)O.OCCCCCCCCCCO. The van der Waals surface area contributed by atoms with Crippen molar-refractivity contribution in [1.29, 1.82) is 0 Å². The van der Waals surface area contributed by atoms with Crippen molar-refractivity contribution < 1.29 is 39.6 Å². The van der Waals surface area contributed by atoms with E-state index in [1.165, 1.54) is 39.5 Å². The van der Waals surface area contributed by atoms with Gasteiger partial charge in [-0.1, -0.05) is 38.5 Å². The molecule has 0 amide bonds. The minimum Gasteiger partial charge on any atom is -0.481 e. The fraction of sp³-hybridized carbons (Fsp3) is 0.778. The van der Waals surface area contributed by atoms with Gasteiger partial charge in [0.25, 0.3) is 0 Å². The van der Waals surface area contributed by atoms with Crippen LogP contribution in [0.25, 0.3) is 0 Å². The Bertz CT molecular complexity index is 319. The highest BCUT2D eigenvalue weighted by atomic mass is 16.4. The van der Waals surface area contributed by atoms with Crippen LogP contribution in [0.3, 0.4) is 0 Å². The molecule has 0 aliphatic rings. The maximum Gasteiger partial charge on any atom is 0.310 e. The maximum atomic E-state index is 9.87. The standard InChI is InChI=1S/C10H22O2.2C4H6O3/c11-9-7-5-3-1-2-4-6-8-10-12;2*1-3(5)2-4(6)7/h11-12H,1-10H2;2*2H2,1H3,(H,6,7). The minimum atomic E-state index is -1.06. The third kappa shape index (κ3) is 43.2. The summed E-state index contributed by atoms with van der Waals surface area (Å²) in [5, 5.41) is 32.7. The Morgan fingerprint density at radius 2 is 0.769 bits per heavy atom. The third-order valence-electron chi connectivity index (χ3n) is 2.87. The van der Waals surface area contributed by atoms with Gasteiger partial charge in [-0.3, -0.25) is 19.2 Å². The molecule has 0 aliphatic heterocycles. The lowest BCUT2D eigenvalue weighted by Crippen LogP contribution is -2.00. The first-order valence-corrected chi connectivity index (χ1v) is 8.81. The highest BCUT2D eigenvalue weighted by Gasteiger charge is 1.98. The quantitative estimate of drug-likeness (QED) is 0.281. The van der Waals surface area contributed by atoms with Gasteiger partial charge in [-0.25, -0.2) is 0 Å². The van der Waals surface area contributed by atoms with Gasteiger partial charge in [-0.2, -0.15) is 0 Å². The normalized spacial score (nSPS) is 9.23. The molecule has 26 heavy (non-hydrogen) atoms.